The lowest BCUT2D eigenvalue weighted by molar-refractivity contribution is -0.131. The standard InChI is InChI=1S/C26H35BF2N4O5/c1-25(2,32-10-9-20(28)15-32)12-19(14-30)23(34)33-16-21(29)13-26(33,3)17-38-24(35)31-22(27(36)37)11-18-7-5-4-6-8-18/h4-8,12,20-22,36-37H,9-11,13,15-17H2,1-3H3,(H,31,35)/t20-,21-,22-,26+/m0/s1. The average molecular weight is 532 g/mol. The number of hydrogen-bond acceptors (Lipinski definition) is 7. The molecule has 2 aliphatic heterocycles. The van der Waals surface area contributed by atoms with Gasteiger partial charge < -0.3 is 25.0 Å². The van der Waals surface area contributed by atoms with Crippen molar-refractivity contribution in [1.82, 2.24) is 15.1 Å². The minimum atomic E-state index is -1.85. The van der Waals surface area contributed by atoms with Crippen LogP contribution in [0.2, 0.25) is 0 Å². The molecule has 2 heterocycles. The maximum atomic E-state index is 14.5. The molecule has 0 bridgehead atoms. The third-order valence-electron chi connectivity index (χ3n) is 7.21. The van der Waals surface area contributed by atoms with E-state index in [9.17, 15) is 33.7 Å². The fraction of sp³-hybridized carbons (Fsp3) is 0.577. The first kappa shape index (κ1) is 29.5. The summed E-state index contributed by atoms with van der Waals surface area (Å²) in [6.45, 7) is 5.17. The van der Waals surface area contributed by atoms with Crippen LogP contribution in [0.15, 0.2) is 42.0 Å². The number of nitrogens with zero attached hydrogens (tertiary/aromatic N) is 3. The zero-order chi connectivity index (χ0) is 28.1. The number of ether oxygens (including phenoxy) is 1. The molecule has 206 valence electrons. The van der Waals surface area contributed by atoms with Crippen molar-refractivity contribution in [2.24, 2.45) is 0 Å². The summed E-state index contributed by atoms with van der Waals surface area (Å²) in [6, 6.07) is 10.8. The van der Waals surface area contributed by atoms with Gasteiger partial charge in [0.2, 0.25) is 0 Å². The van der Waals surface area contributed by atoms with Crippen LogP contribution in [0, 0.1) is 11.3 Å². The molecule has 3 rings (SSSR count). The van der Waals surface area contributed by atoms with Crippen LogP contribution in [0.25, 0.3) is 0 Å². The van der Waals surface area contributed by atoms with E-state index >= 15 is 0 Å². The van der Waals surface area contributed by atoms with E-state index in [0.29, 0.717) is 13.0 Å². The molecule has 12 heteroatoms. The van der Waals surface area contributed by atoms with E-state index in [1.807, 2.05) is 17.0 Å². The molecule has 0 saturated carbocycles. The predicted octanol–water partition coefficient (Wildman–Crippen LogP) is 1.94. The van der Waals surface area contributed by atoms with Gasteiger partial charge in [-0.15, -0.1) is 0 Å². The van der Waals surface area contributed by atoms with Crippen LogP contribution in [-0.4, -0.2) is 94.6 Å². The molecule has 1 aromatic carbocycles. The van der Waals surface area contributed by atoms with Crippen molar-refractivity contribution < 1.29 is 33.2 Å². The highest BCUT2D eigenvalue weighted by molar-refractivity contribution is 6.43. The lowest BCUT2D eigenvalue weighted by Gasteiger charge is -2.36. The highest BCUT2D eigenvalue weighted by Crippen LogP contribution is 2.33. The summed E-state index contributed by atoms with van der Waals surface area (Å²) in [5.74, 6) is -1.76. The molecule has 0 unspecified atom stereocenters. The van der Waals surface area contributed by atoms with Gasteiger partial charge in [0.1, 0.15) is 30.6 Å². The Hall–Kier alpha value is -3.01. The molecule has 9 nitrogen and oxygen atoms in total. The first-order valence-electron chi connectivity index (χ1n) is 12.7. The number of carbonyl (C=O) groups excluding carboxylic acids is 2. The first-order chi connectivity index (χ1) is 17.8. The monoisotopic (exact) mass is 532 g/mol. The SMILES string of the molecule is CC(C)(C=C(C#N)C(=O)N1C[C@@H](F)C[C@]1(C)COC(=O)N[C@@H](Cc1ccccc1)B(O)O)N1CC[C@H](F)C1. The van der Waals surface area contributed by atoms with E-state index in [1.54, 1.807) is 45.0 Å². The van der Waals surface area contributed by atoms with Crippen molar-refractivity contribution in [3.63, 3.8) is 0 Å². The topological polar surface area (TPSA) is 126 Å². The van der Waals surface area contributed by atoms with E-state index in [-0.39, 0.29) is 38.1 Å². The van der Waals surface area contributed by atoms with Crippen molar-refractivity contribution >= 4 is 19.1 Å². The minimum absolute atomic E-state index is 0.111. The lowest BCUT2D eigenvalue weighted by atomic mass is 9.76. The zero-order valence-electron chi connectivity index (χ0n) is 21.9. The van der Waals surface area contributed by atoms with Gasteiger partial charge in [-0.2, -0.15) is 5.26 Å². The second kappa shape index (κ2) is 12.2. The summed E-state index contributed by atoms with van der Waals surface area (Å²) < 4.78 is 33.6. The Morgan fingerprint density at radius 1 is 1.29 bits per heavy atom. The average Bonchev–Trinajstić information content (AvgIpc) is 3.44. The molecule has 2 fully saturated rings. The number of amides is 2. The highest BCUT2D eigenvalue weighted by Gasteiger charge is 2.47. The number of carbonyl (C=O) groups is 2. The summed E-state index contributed by atoms with van der Waals surface area (Å²) in [5.41, 5.74) is -1.45. The molecular weight excluding hydrogens is 497 g/mol. The molecule has 1 aromatic rings. The number of alkyl carbamates (subject to hydrolysis) is 1. The van der Waals surface area contributed by atoms with Crippen LogP contribution in [0.4, 0.5) is 13.6 Å². The minimum Gasteiger partial charge on any atom is -0.447 e. The summed E-state index contributed by atoms with van der Waals surface area (Å²) in [7, 11) is -1.85. The maximum absolute atomic E-state index is 14.5. The number of nitrogens with one attached hydrogen (secondary N) is 1. The quantitative estimate of drug-likeness (QED) is 0.252. The maximum Gasteiger partial charge on any atom is 0.475 e. The Labute approximate surface area is 222 Å². The summed E-state index contributed by atoms with van der Waals surface area (Å²) in [6.07, 6.45) is -1.44. The summed E-state index contributed by atoms with van der Waals surface area (Å²) in [4.78, 5) is 28.9. The van der Waals surface area contributed by atoms with Crippen molar-refractivity contribution in [2.75, 3.05) is 26.2 Å². The van der Waals surface area contributed by atoms with Crippen molar-refractivity contribution in [3.8, 4) is 6.07 Å². The normalized spacial score (nSPS) is 25.1. The molecule has 38 heavy (non-hydrogen) atoms. The van der Waals surface area contributed by atoms with Crippen molar-refractivity contribution in [2.45, 2.75) is 69.4 Å². The number of alkyl halides is 2. The molecule has 4 atom stereocenters. The molecule has 0 aromatic heterocycles. The van der Waals surface area contributed by atoms with Gasteiger partial charge in [-0.25, -0.2) is 13.6 Å². The zero-order valence-corrected chi connectivity index (χ0v) is 21.9. The van der Waals surface area contributed by atoms with E-state index in [4.69, 9.17) is 4.74 Å². The van der Waals surface area contributed by atoms with E-state index in [0.717, 1.165) is 5.56 Å². The lowest BCUT2D eigenvalue weighted by Crippen LogP contribution is -2.52. The number of likely N-dealkylation sites (tertiary alicyclic amines) is 2. The molecule has 2 saturated heterocycles. The number of rotatable bonds is 9. The summed E-state index contributed by atoms with van der Waals surface area (Å²) >= 11 is 0. The van der Waals surface area contributed by atoms with Crippen LogP contribution in [0.5, 0.6) is 0 Å². The number of benzene rings is 1. The highest BCUT2D eigenvalue weighted by atomic mass is 19.1. The van der Waals surface area contributed by atoms with Gasteiger partial charge in [0.25, 0.3) is 5.91 Å². The van der Waals surface area contributed by atoms with E-state index in [2.05, 4.69) is 5.32 Å². The fourth-order valence-corrected chi connectivity index (χ4v) is 5.02. The third kappa shape index (κ3) is 7.31. The van der Waals surface area contributed by atoms with Crippen LogP contribution >= 0.6 is 0 Å². The largest absolute Gasteiger partial charge is 0.475 e. The van der Waals surface area contributed by atoms with Crippen LogP contribution in [-0.2, 0) is 16.0 Å². The third-order valence-corrected chi connectivity index (χ3v) is 7.21. The molecule has 0 aliphatic carbocycles. The number of hydrogen-bond donors (Lipinski definition) is 3. The summed E-state index contributed by atoms with van der Waals surface area (Å²) in [5, 5.41) is 31.5. The van der Waals surface area contributed by atoms with Gasteiger partial charge in [-0.1, -0.05) is 30.3 Å². The molecular formula is C26H35BF2N4O5. The Kier molecular flexibility index (Phi) is 9.52. The first-order valence-corrected chi connectivity index (χ1v) is 12.7. The smallest absolute Gasteiger partial charge is 0.447 e. The molecule has 2 aliphatic rings. The van der Waals surface area contributed by atoms with Gasteiger partial charge in [0.05, 0.1) is 18.0 Å². The van der Waals surface area contributed by atoms with Gasteiger partial charge in [0, 0.05) is 25.0 Å². The second-order valence-electron chi connectivity index (χ2n) is 10.8. The molecule has 0 radical (unpaired) electrons. The van der Waals surface area contributed by atoms with Gasteiger partial charge in [-0.05, 0) is 45.3 Å². The predicted molar refractivity (Wildman–Crippen MR) is 137 cm³/mol. The molecule has 3 N–H and O–H groups in total. The van der Waals surface area contributed by atoms with Crippen molar-refractivity contribution in [3.05, 3.63) is 47.5 Å². The van der Waals surface area contributed by atoms with Crippen molar-refractivity contribution in [1.29, 1.82) is 5.26 Å². The van der Waals surface area contributed by atoms with Gasteiger partial charge >= 0.3 is 13.2 Å². The van der Waals surface area contributed by atoms with Gasteiger partial charge in [0.15, 0.2) is 0 Å². The van der Waals surface area contributed by atoms with E-state index < -0.39 is 48.5 Å². The van der Waals surface area contributed by atoms with Gasteiger partial charge in [-0.3, -0.25) is 9.69 Å². The Morgan fingerprint density at radius 3 is 2.55 bits per heavy atom. The Morgan fingerprint density at radius 2 is 1.97 bits per heavy atom. The Balaban J connectivity index is 1.68. The number of nitriles is 1. The molecule has 0 spiro atoms. The Bertz CT molecular complexity index is 1070. The molecule has 2 amide bonds. The van der Waals surface area contributed by atoms with E-state index in [1.165, 1.54) is 11.0 Å². The fourth-order valence-electron chi connectivity index (χ4n) is 5.02. The number of halogens is 2. The second-order valence-corrected chi connectivity index (χ2v) is 10.8. The van der Waals surface area contributed by atoms with Crippen LogP contribution < -0.4 is 5.32 Å². The van der Waals surface area contributed by atoms with Crippen LogP contribution in [0.1, 0.15) is 39.2 Å². The van der Waals surface area contributed by atoms with Crippen LogP contribution in [0.3, 0.4) is 0 Å².